The molecule has 5 heteroatoms. The molecule has 2 aliphatic rings. The summed E-state index contributed by atoms with van der Waals surface area (Å²) in [6, 6.07) is 3.97. The van der Waals surface area contributed by atoms with Gasteiger partial charge >= 0.3 is 0 Å². The van der Waals surface area contributed by atoms with Gasteiger partial charge in [-0.05, 0) is 24.3 Å². The quantitative estimate of drug-likeness (QED) is 0.700. The summed E-state index contributed by atoms with van der Waals surface area (Å²) < 4.78 is 0. The Morgan fingerprint density at radius 2 is 1.75 bits per heavy atom. The van der Waals surface area contributed by atoms with E-state index in [0.29, 0.717) is 10.5 Å². The number of thioether (sulfide) groups is 1. The third-order valence-corrected chi connectivity index (χ3v) is 6.61. The van der Waals surface area contributed by atoms with Crippen LogP contribution in [0.3, 0.4) is 0 Å². The van der Waals surface area contributed by atoms with Crippen LogP contribution in [0.1, 0.15) is 63.7 Å². The standard InChI is InChI=1S/C19H25NO2S2/c1-13(2)24-17-16(15-11-8-12-23-15)18(21)20(19(17)22)14-9-6-4-3-5-7-10-14/h8,11-14H,3-7,9-10H2,1-2H3. The lowest BCUT2D eigenvalue weighted by atomic mass is 9.95. The van der Waals surface area contributed by atoms with Crippen molar-refractivity contribution in [3.05, 3.63) is 27.3 Å². The molecule has 1 fully saturated rings. The van der Waals surface area contributed by atoms with Gasteiger partial charge in [0.1, 0.15) is 0 Å². The van der Waals surface area contributed by atoms with Crippen LogP contribution in [0.15, 0.2) is 22.4 Å². The van der Waals surface area contributed by atoms with Gasteiger partial charge in [-0.25, -0.2) is 0 Å². The summed E-state index contributed by atoms with van der Waals surface area (Å²) in [7, 11) is 0. The lowest BCUT2D eigenvalue weighted by Gasteiger charge is -2.28. The maximum Gasteiger partial charge on any atom is 0.268 e. The zero-order valence-corrected chi connectivity index (χ0v) is 16.0. The molecule has 24 heavy (non-hydrogen) atoms. The Balaban J connectivity index is 1.91. The molecule has 2 heterocycles. The van der Waals surface area contributed by atoms with E-state index >= 15 is 0 Å². The SMILES string of the molecule is CC(C)SC1=C(c2cccs2)C(=O)N(C2CCCCCCC2)C1=O. The molecule has 1 aromatic rings. The summed E-state index contributed by atoms with van der Waals surface area (Å²) in [5.74, 6) is -0.135. The van der Waals surface area contributed by atoms with Crippen molar-refractivity contribution >= 4 is 40.5 Å². The smallest absolute Gasteiger partial charge is 0.268 e. The Kier molecular flexibility index (Phi) is 5.82. The Morgan fingerprint density at radius 3 is 2.33 bits per heavy atom. The van der Waals surface area contributed by atoms with E-state index in [1.165, 1.54) is 31.0 Å². The highest BCUT2D eigenvalue weighted by Crippen LogP contribution is 2.41. The highest BCUT2D eigenvalue weighted by molar-refractivity contribution is 8.04. The van der Waals surface area contributed by atoms with Crippen LogP contribution in [-0.4, -0.2) is 28.0 Å². The molecule has 2 amide bonds. The number of carbonyl (C=O) groups excluding carboxylic acids is 2. The first-order valence-corrected chi connectivity index (χ1v) is 10.7. The van der Waals surface area contributed by atoms with Crippen LogP contribution in [0.25, 0.3) is 5.57 Å². The van der Waals surface area contributed by atoms with Crippen LogP contribution >= 0.6 is 23.1 Å². The van der Waals surface area contributed by atoms with Crippen molar-refractivity contribution in [3.63, 3.8) is 0 Å². The molecular formula is C19H25NO2S2. The van der Waals surface area contributed by atoms with E-state index in [0.717, 1.165) is 30.6 Å². The van der Waals surface area contributed by atoms with Crippen molar-refractivity contribution in [2.24, 2.45) is 0 Å². The second kappa shape index (κ2) is 7.87. The maximum atomic E-state index is 13.1. The zero-order chi connectivity index (χ0) is 17.1. The first kappa shape index (κ1) is 17.7. The fourth-order valence-corrected chi connectivity index (χ4v) is 5.35. The highest BCUT2D eigenvalue weighted by Gasteiger charge is 2.43. The molecule has 0 radical (unpaired) electrons. The summed E-state index contributed by atoms with van der Waals surface area (Å²) in [5.41, 5.74) is 0.635. The number of rotatable bonds is 4. The normalized spacial score (nSPS) is 20.9. The van der Waals surface area contributed by atoms with Gasteiger partial charge in [0.05, 0.1) is 10.5 Å². The van der Waals surface area contributed by atoms with Crippen LogP contribution in [0.5, 0.6) is 0 Å². The minimum Gasteiger partial charge on any atom is -0.271 e. The number of thiophene rings is 1. The third kappa shape index (κ3) is 3.62. The molecule has 1 aliphatic carbocycles. The summed E-state index contributed by atoms with van der Waals surface area (Å²) in [4.78, 5) is 29.4. The Hall–Kier alpha value is -1.07. The molecule has 0 N–H and O–H groups in total. The summed E-state index contributed by atoms with van der Waals surface area (Å²) in [5, 5.41) is 2.25. The first-order valence-electron chi connectivity index (χ1n) is 8.92. The maximum absolute atomic E-state index is 13.1. The minimum atomic E-state index is -0.0730. The predicted octanol–water partition coefficient (Wildman–Crippen LogP) is 5.08. The molecule has 130 valence electrons. The lowest BCUT2D eigenvalue weighted by molar-refractivity contribution is -0.139. The van der Waals surface area contributed by atoms with Crippen LogP contribution in [0.2, 0.25) is 0 Å². The van der Waals surface area contributed by atoms with Gasteiger partial charge in [0.25, 0.3) is 11.8 Å². The van der Waals surface area contributed by atoms with Crippen LogP contribution < -0.4 is 0 Å². The van der Waals surface area contributed by atoms with E-state index in [1.807, 2.05) is 17.5 Å². The summed E-state index contributed by atoms with van der Waals surface area (Å²) in [6.45, 7) is 4.14. The molecule has 0 spiro atoms. The molecule has 1 saturated carbocycles. The van der Waals surface area contributed by atoms with Gasteiger partial charge in [-0.3, -0.25) is 14.5 Å². The number of carbonyl (C=O) groups is 2. The molecule has 0 saturated heterocycles. The van der Waals surface area contributed by atoms with Crippen molar-refractivity contribution in [2.75, 3.05) is 0 Å². The van der Waals surface area contributed by atoms with Gasteiger partial charge in [0.15, 0.2) is 0 Å². The van der Waals surface area contributed by atoms with Crippen molar-refractivity contribution in [2.45, 2.75) is 70.1 Å². The van der Waals surface area contributed by atoms with Crippen molar-refractivity contribution in [3.8, 4) is 0 Å². The number of hydrogen-bond donors (Lipinski definition) is 0. The molecule has 3 nitrogen and oxygen atoms in total. The van der Waals surface area contributed by atoms with E-state index in [9.17, 15) is 9.59 Å². The second-order valence-corrected chi connectivity index (χ2v) is 9.36. The first-order chi connectivity index (χ1) is 11.6. The topological polar surface area (TPSA) is 37.4 Å². The van der Waals surface area contributed by atoms with Gasteiger partial charge in [0, 0.05) is 16.2 Å². The van der Waals surface area contributed by atoms with E-state index in [4.69, 9.17) is 0 Å². The summed E-state index contributed by atoms with van der Waals surface area (Å²) in [6.07, 6.45) is 7.84. The van der Waals surface area contributed by atoms with E-state index < -0.39 is 0 Å². The lowest BCUT2D eigenvalue weighted by Crippen LogP contribution is -2.41. The number of hydrogen-bond acceptors (Lipinski definition) is 4. The predicted molar refractivity (Wildman–Crippen MR) is 102 cm³/mol. The third-order valence-electron chi connectivity index (χ3n) is 4.63. The van der Waals surface area contributed by atoms with Gasteiger partial charge in [-0.15, -0.1) is 23.1 Å². The van der Waals surface area contributed by atoms with Gasteiger partial charge in [-0.1, -0.05) is 52.0 Å². The zero-order valence-electron chi connectivity index (χ0n) is 14.4. The Bertz CT molecular complexity index is 626. The van der Waals surface area contributed by atoms with Crippen molar-refractivity contribution in [1.82, 2.24) is 4.90 Å². The highest BCUT2D eigenvalue weighted by atomic mass is 32.2. The van der Waals surface area contributed by atoms with Crippen LogP contribution in [0.4, 0.5) is 0 Å². The van der Waals surface area contributed by atoms with Crippen molar-refractivity contribution < 1.29 is 9.59 Å². The summed E-state index contributed by atoms with van der Waals surface area (Å²) >= 11 is 3.07. The van der Waals surface area contributed by atoms with E-state index in [1.54, 1.807) is 16.2 Å². The largest absolute Gasteiger partial charge is 0.271 e. The van der Waals surface area contributed by atoms with Gasteiger partial charge in [0.2, 0.25) is 0 Å². The second-order valence-electron chi connectivity index (χ2n) is 6.83. The molecule has 1 aliphatic heterocycles. The molecular weight excluding hydrogens is 338 g/mol. The monoisotopic (exact) mass is 363 g/mol. The molecule has 0 aromatic carbocycles. The van der Waals surface area contributed by atoms with Crippen molar-refractivity contribution in [1.29, 1.82) is 0 Å². The fraction of sp³-hybridized carbons (Fsp3) is 0.579. The number of nitrogens with zero attached hydrogens (tertiary/aromatic N) is 1. The van der Waals surface area contributed by atoms with Gasteiger partial charge in [-0.2, -0.15) is 0 Å². The molecule has 0 atom stereocenters. The van der Waals surface area contributed by atoms with E-state index in [2.05, 4.69) is 13.8 Å². The Morgan fingerprint density at radius 1 is 1.08 bits per heavy atom. The van der Waals surface area contributed by atoms with E-state index in [-0.39, 0.29) is 23.1 Å². The average Bonchev–Trinajstić information content (AvgIpc) is 3.08. The minimum absolute atomic E-state index is 0.0623. The average molecular weight is 364 g/mol. The van der Waals surface area contributed by atoms with Gasteiger partial charge < -0.3 is 0 Å². The van der Waals surface area contributed by atoms with Crippen LogP contribution in [0, 0.1) is 0 Å². The molecule has 0 bridgehead atoms. The molecule has 1 aromatic heterocycles. The Labute approximate surface area is 152 Å². The molecule has 0 unspecified atom stereocenters. The fourth-order valence-electron chi connectivity index (χ4n) is 3.53. The number of imide groups is 1. The number of amides is 2. The molecule has 3 rings (SSSR count). The van der Waals surface area contributed by atoms with Crippen LogP contribution in [-0.2, 0) is 9.59 Å².